The van der Waals surface area contributed by atoms with Gasteiger partial charge in [0, 0.05) is 45.0 Å². The third-order valence-corrected chi connectivity index (χ3v) is 10.3. The van der Waals surface area contributed by atoms with Crippen LogP contribution in [0.15, 0.2) is 67.1 Å². The van der Waals surface area contributed by atoms with Crippen molar-refractivity contribution in [3.8, 4) is 6.07 Å². The number of hydrogen-bond acceptors (Lipinski definition) is 4. The highest BCUT2D eigenvalue weighted by Crippen LogP contribution is 2.60. The summed E-state index contributed by atoms with van der Waals surface area (Å²) in [5, 5.41) is 9.14. The number of imidazole rings is 1. The lowest BCUT2D eigenvalue weighted by molar-refractivity contribution is -0.157. The molecule has 3 aromatic rings. The first kappa shape index (κ1) is 25.5. The van der Waals surface area contributed by atoms with Gasteiger partial charge in [0.15, 0.2) is 0 Å². The largest absolute Gasteiger partial charge is 0.341 e. The lowest BCUT2D eigenvalue weighted by atomic mass is 9.49. The maximum Gasteiger partial charge on any atom is 0.228 e. The number of carbonyl (C=O) groups excluding carboxylic acids is 1. The first-order valence-electron chi connectivity index (χ1n) is 15.1. The third-order valence-electron chi connectivity index (χ3n) is 10.3. The summed E-state index contributed by atoms with van der Waals surface area (Å²) in [6.07, 6.45) is 12.3. The Bertz CT molecular complexity index is 1350. The molecule has 8 rings (SSSR count). The number of rotatable bonds is 6. The molecule has 0 N–H and O–H groups in total. The first-order valence-corrected chi connectivity index (χ1v) is 15.1. The van der Waals surface area contributed by atoms with Gasteiger partial charge in [-0.25, -0.2) is 4.98 Å². The van der Waals surface area contributed by atoms with Gasteiger partial charge in [0.2, 0.25) is 5.91 Å². The summed E-state index contributed by atoms with van der Waals surface area (Å²) >= 11 is 0. The summed E-state index contributed by atoms with van der Waals surface area (Å²) in [6.45, 7) is 4.01. The molecular formula is C34H39N5O. The second kappa shape index (κ2) is 10.5. The zero-order valence-corrected chi connectivity index (χ0v) is 23.3. The van der Waals surface area contributed by atoms with Crippen LogP contribution in [-0.2, 0) is 17.9 Å². The van der Waals surface area contributed by atoms with Crippen molar-refractivity contribution in [1.29, 1.82) is 5.26 Å². The van der Waals surface area contributed by atoms with E-state index >= 15 is 0 Å². The van der Waals surface area contributed by atoms with Crippen molar-refractivity contribution < 1.29 is 4.79 Å². The zero-order chi connectivity index (χ0) is 27.1. The van der Waals surface area contributed by atoms with Crippen LogP contribution in [0, 0.1) is 34.5 Å². The van der Waals surface area contributed by atoms with Crippen molar-refractivity contribution in [2.75, 3.05) is 19.6 Å². The number of benzene rings is 2. The van der Waals surface area contributed by atoms with Crippen LogP contribution in [0.5, 0.6) is 0 Å². The van der Waals surface area contributed by atoms with E-state index in [0.29, 0.717) is 11.5 Å². The van der Waals surface area contributed by atoms with E-state index in [1.54, 1.807) is 0 Å². The number of hydrogen-bond donors (Lipinski definition) is 0. The molecule has 206 valence electrons. The van der Waals surface area contributed by atoms with Gasteiger partial charge in [-0.15, -0.1) is 0 Å². The molecule has 4 saturated carbocycles. The molecule has 1 aliphatic heterocycles. The number of nitriles is 1. The molecule has 1 aromatic heterocycles. The molecule has 1 atom stereocenters. The molecule has 6 heteroatoms. The van der Waals surface area contributed by atoms with E-state index in [0.717, 1.165) is 81.7 Å². The fourth-order valence-corrected chi connectivity index (χ4v) is 8.84. The molecule has 0 radical (unpaired) electrons. The second-order valence-electron chi connectivity index (χ2n) is 13.0. The Kier molecular flexibility index (Phi) is 6.71. The van der Waals surface area contributed by atoms with E-state index < -0.39 is 0 Å². The summed E-state index contributed by atoms with van der Waals surface area (Å²) in [5.41, 5.74) is 4.25. The van der Waals surface area contributed by atoms with Gasteiger partial charge >= 0.3 is 0 Å². The molecule has 1 amide bonds. The van der Waals surface area contributed by atoms with Crippen LogP contribution in [0.1, 0.15) is 73.4 Å². The van der Waals surface area contributed by atoms with Crippen molar-refractivity contribution >= 4 is 5.91 Å². The van der Waals surface area contributed by atoms with Crippen LogP contribution in [-0.4, -0.2) is 44.9 Å². The molecule has 1 unspecified atom stereocenters. The van der Waals surface area contributed by atoms with Gasteiger partial charge in [-0.1, -0.05) is 42.5 Å². The molecule has 0 spiro atoms. The molecular weight excluding hydrogens is 494 g/mol. The fraction of sp³-hybridized carbons (Fsp3) is 0.500. The maximum absolute atomic E-state index is 14.2. The van der Waals surface area contributed by atoms with Gasteiger partial charge in [0.05, 0.1) is 29.1 Å². The van der Waals surface area contributed by atoms with Crippen molar-refractivity contribution in [2.45, 2.75) is 64.1 Å². The minimum absolute atomic E-state index is 0.0775. The molecule has 2 aromatic carbocycles. The van der Waals surface area contributed by atoms with Crippen molar-refractivity contribution in [3.63, 3.8) is 0 Å². The van der Waals surface area contributed by atoms with Crippen LogP contribution in [0.25, 0.3) is 0 Å². The summed E-state index contributed by atoms with van der Waals surface area (Å²) in [6, 6.07) is 21.1. The SMILES string of the molecule is N#Cc1ccc(Cn2cncc2CN2CCN(C(=O)C34CC5CC(CC(C5)C3)C4)CCC2c2ccccc2)cc1. The highest BCUT2D eigenvalue weighted by Gasteiger charge is 2.55. The quantitative estimate of drug-likeness (QED) is 0.402. The van der Waals surface area contributed by atoms with Crippen LogP contribution < -0.4 is 0 Å². The number of amides is 1. The highest BCUT2D eigenvalue weighted by atomic mass is 16.2. The average molecular weight is 534 g/mol. The topological polar surface area (TPSA) is 65.2 Å². The number of carbonyl (C=O) groups is 1. The average Bonchev–Trinajstić information content (AvgIpc) is 3.29. The molecule has 6 nitrogen and oxygen atoms in total. The lowest BCUT2D eigenvalue weighted by Crippen LogP contribution is -2.55. The van der Waals surface area contributed by atoms with Crippen molar-refractivity contribution in [3.05, 3.63) is 89.5 Å². The van der Waals surface area contributed by atoms with Gasteiger partial charge in [0.25, 0.3) is 0 Å². The van der Waals surface area contributed by atoms with Crippen LogP contribution in [0.4, 0.5) is 0 Å². The van der Waals surface area contributed by atoms with Crippen molar-refractivity contribution in [2.24, 2.45) is 23.2 Å². The predicted molar refractivity (Wildman–Crippen MR) is 154 cm³/mol. The molecule has 40 heavy (non-hydrogen) atoms. The van der Waals surface area contributed by atoms with Gasteiger partial charge in [-0.05, 0) is 86.0 Å². The second-order valence-corrected chi connectivity index (χ2v) is 13.0. The van der Waals surface area contributed by atoms with Crippen LogP contribution in [0.2, 0.25) is 0 Å². The normalized spacial score (nSPS) is 29.7. The van der Waals surface area contributed by atoms with Gasteiger partial charge < -0.3 is 9.47 Å². The Balaban J connectivity index is 1.11. The fourth-order valence-electron chi connectivity index (χ4n) is 8.84. The number of nitrogens with zero attached hydrogens (tertiary/aromatic N) is 5. The van der Waals surface area contributed by atoms with Crippen LogP contribution in [0.3, 0.4) is 0 Å². The minimum atomic E-state index is -0.0775. The van der Waals surface area contributed by atoms with Gasteiger partial charge in [-0.2, -0.15) is 5.26 Å². The summed E-state index contributed by atoms with van der Waals surface area (Å²) in [4.78, 5) is 23.6. The predicted octanol–water partition coefficient (Wildman–Crippen LogP) is 5.80. The highest BCUT2D eigenvalue weighted by molar-refractivity contribution is 5.83. The monoisotopic (exact) mass is 533 g/mol. The third kappa shape index (κ3) is 4.86. The van der Waals surface area contributed by atoms with E-state index in [1.807, 2.05) is 36.8 Å². The molecule has 1 saturated heterocycles. The Morgan fingerprint density at radius 2 is 1.60 bits per heavy atom. The van der Waals surface area contributed by atoms with Crippen LogP contribution >= 0.6 is 0 Å². The Labute approximate surface area is 237 Å². The number of aromatic nitrogens is 2. The summed E-state index contributed by atoms with van der Waals surface area (Å²) in [7, 11) is 0. The molecule has 5 aliphatic rings. The smallest absolute Gasteiger partial charge is 0.228 e. The lowest BCUT2D eigenvalue weighted by Gasteiger charge is -2.56. The molecule has 4 aliphatic carbocycles. The van der Waals surface area contributed by atoms with E-state index in [2.05, 4.69) is 55.8 Å². The zero-order valence-electron chi connectivity index (χ0n) is 23.3. The summed E-state index contributed by atoms with van der Waals surface area (Å²) < 4.78 is 2.21. The van der Waals surface area contributed by atoms with E-state index in [4.69, 9.17) is 5.26 Å². The maximum atomic E-state index is 14.2. The Hall–Kier alpha value is -3.43. The summed E-state index contributed by atoms with van der Waals surface area (Å²) in [5.74, 6) is 2.82. The molecule has 5 fully saturated rings. The molecule has 2 heterocycles. The van der Waals surface area contributed by atoms with Crippen molar-refractivity contribution in [1.82, 2.24) is 19.4 Å². The Morgan fingerprint density at radius 1 is 0.900 bits per heavy atom. The standard InChI is InChI=1S/C34H39N5O/c35-20-25-6-8-26(9-7-25)22-39-24-36-21-31(39)23-38-13-12-37(11-10-32(38)30-4-2-1-3-5-30)33(40)34-17-27-14-28(18-34)16-29(15-27)19-34/h1-9,21,24,27-29,32H,10-19,22-23H2. The minimum Gasteiger partial charge on any atom is -0.341 e. The molecule has 4 bridgehead atoms. The first-order chi connectivity index (χ1) is 19.6. The van der Waals surface area contributed by atoms with E-state index in [-0.39, 0.29) is 11.5 Å². The van der Waals surface area contributed by atoms with Gasteiger partial charge in [0.1, 0.15) is 0 Å². The van der Waals surface area contributed by atoms with E-state index in [9.17, 15) is 4.79 Å². The van der Waals surface area contributed by atoms with Gasteiger partial charge in [-0.3, -0.25) is 9.69 Å². The Morgan fingerprint density at radius 3 is 2.27 bits per heavy atom. The van der Waals surface area contributed by atoms with E-state index in [1.165, 1.54) is 30.5 Å².